The van der Waals surface area contributed by atoms with Gasteiger partial charge in [-0.25, -0.2) is 4.68 Å². The maximum Gasteiger partial charge on any atom is 0.268 e. The lowest BCUT2D eigenvalue weighted by atomic mass is 9.94. The fourth-order valence-electron chi connectivity index (χ4n) is 3.52. The first-order valence-corrected chi connectivity index (χ1v) is 10.6. The number of hydrogen-bond acceptors (Lipinski definition) is 6. The van der Waals surface area contributed by atoms with Crippen LogP contribution in [0.4, 0.5) is 5.69 Å². The Balaban J connectivity index is 1.48. The standard InChI is InChI=1S/C20H28N4O3S/c1-27-10-9-24-20(26)13-17(14-22-24)23-8-2-4-16(15-23)12-19(25)21-7-6-18-5-3-11-28-18/h3,5,11,13-14,16H,2,4,6-10,12,15H2,1H3,(H,21,25). The SMILES string of the molecule is COCCn1ncc(N2CCCC(CC(=O)NCCc3cccs3)C2)cc1=O. The lowest BCUT2D eigenvalue weighted by molar-refractivity contribution is -0.122. The van der Waals surface area contributed by atoms with Crippen LogP contribution >= 0.6 is 11.3 Å². The molecule has 1 aliphatic rings. The van der Waals surface area contributed by atoms with E-state index >= 15 is 0 Å². The van der Waals surface area contributed by atoms with Gasteiger partial charge in [-0.2, -0.15) is 5.10 Å². The molecule has 0 saturated carbocycles. The zero-order chi connectivity index (χ0) is 19.8. The third-order valence-electron chi connectivity index (χ3n) is 4.99. The van der Waals surface area contributed by atoms with Crippen molar-refractivity contribution in [3.05, 3.63) is 45.0 Å². The molecule has 7 nitrogen and oxygen atoms in total. The Hall–Kier alpha value is -2.19. The van der Waals surface area contributed by atoms with Crippen LogP contribution in [0.1, 0.15) is 24.1 Å². The van der Waals surface area contributed by atoms with Crippen molar-refractivity contribution in [3.8, 4) is 0 Å². The van der Waals surface area contributed by atoms with Crippen LogP contribution in [0, 0.1) is 5.92 Å². The Morgan fingerprint density at radius 3 is 3.11 bits per heavy atom. The van der Waals surface area contributed by atoms with Gasteiger partial charge in [-0.15, -0.1) is 11.3 Å². The summed E-state index contributed by atoms with van der Waals surface area (Å²) in [5, 5.41) is 9.33. The van der Waals surface area contributed by atoms with Crippen molar-refractivity contribution >= 4 is 22.9 Å². The summed E-state index contributed by atoms with van der Waals surface area (Å²) in [5.41, 5.74) is 0.712. The number of thiophene rings is 1. The van der Waals surface area contributed by atoms with Crippen LogP contribution in [0.2, 0.25) is 0 Å². The van der Waals surface area contributed by atoms with Gasteiger partial charge in [-0.3, -0.25) is 9.59 Å². The van der Waals surface area contributed by atoms with Crippen LogP contribution in [-0.4, -0.2) is 49.0 Å². The van der Waals surface area contributed by atoms with Crippen molar-refractivity contribution in [2.45, 2.75) is 32.2 Å². The Labute approximate surface area is 169 Å². The third kappa shape index (κ3) is 5.90. The van der Waals surface area contributed by atoms with E-state index in [2.05, 4.69) is 26.8 Å². The van der Waals surface area contributed by atoms with Crippen LogP contribution < -0.4 is 15.8 Å². The highest BCUT2D eigenvalue weighted by molar-refractivity contribution is 7.09. The molecule has 2 aromatic rings. The van der Waals surface area contributed by atoms with Crippen LogP contribution in [-0.2, 0) is 22.5 Å². The highest BCUT2D eigenvalue weighted by atomic mass is 32.1. The second-order valence-corrected chi connectivity index (χ2v) is 8.14. The Kier molecular flexibility index (Phi) is 7.62. The topological polar surface area (TPSA) is 76.5 Å². The number of carbonyl (C=O) groups excluding carboxylic acids is 1. The number of rotatable bonds is 9. The van der Waals surface area contributed by atoms with Crippen LogP contribution in [0.3, 0.4) is 0 Å². The number of methoxy groups -OCH3 is 1. The largest absolute Gasteiger partial charge is 0.383 e. The number of nitrogens with zero attached hydrogens (tertiary/aromatic N) is 3. The number of anilines is 1. The van der Waals surface area contributed by atoms with E-state index in [4.69, 9.17) is 4.74 Å². The average molecular weight is 405 g/mol. The molecule has 1 fully saturated rings. The zero-order valence-corrected chi connectivity index (χ0v) is 17.1. The quantitative estimate of drug-likeness (QED) is 0.691. The Bertz CT molecular complexity index is 806. The predicted molar refractivity (Wildman–Crippen MR) is 111 cm³/mol. The first-order valence-electron chi connectivity index (χ1n) is 9.76. The van der Waals surface area contributed by atoms with E-state index in [-0.39, 0.29) is 11.5 Å². The minimum Gasteiger partial charge on any atom is -0.383 e. The molecule has 0 spiro atoms. The lowest BCUT2D eigenvalue weighted by Gasteiger charge is -2.34. The maximum atomic E-state index is 12.3. The van der Waals surface area contributed by atoms with Gasteiger partial charge in [-0.1, -0.05) is 6.07 Å². The van der Waals surface area contributed by atoms with Gasteiger partial charge >= 0.3 is 0 Å². The molecule has 0 bridgehead atoms. The van der Waals surface area contributed by atoms with Crippen molar-refractivity contribution in [2.24, 2.45) is 5.92 Å². The molecular weight excluding hydrogens is 376 g/mol. The molecule has 0 aromatic carbocycles. The Morgan fingerprint density at radius 1 is 1.46 bits per heavy atom. The van der Waals surface area contributed by atoms with Gasteiger partial charge in [0.25, 0.3) is 5.56 Å². The first-order chi connectivity index (χ1) is 13.7. The van der Waals surface area contributed by atoms with Gasteiger partial charge in [0.2, 0.25) is 5.91 Å². The van der Waals surface area contributed by atoms with Gasteiger partial charge < -0.3 is 15.0 Å². The van der Waals surface area contributed by atoms with Crippen molar-refractivity contribution in [1.29, 1.82) is 0 Å². The van der Waals surface area contributed by atoms with Gasteiger partial charge in [0.15, 0.2) is 0 Å². The number of nitrogens with one attached hydrogen (secondary N) is 1. The summed E-state index contributed by atoms with van der Waals surface area (Å²) in [4.78, 5) is 28.0. The van der Waals surface area contributed by atoms with Gasteiger partial charge in [0, 0.05) is 44.1 Å². The van der Waals surface area contributed by atoms with Crippen LogP contribution in [0.25, 0.3) is 0 Å². The van der Waals surface area contributed by atoms with E-state index in [0.717, 1.165) is 38.0 Å². The van der Waals surface area contributed by atoms with E-state index in [1.165, 1.54) is 9.56 Å². The number of amides is 1. The van der Waals surface area contributed by atoms with Crippen LogP contribution in [0.15, 0.2) is 34.6 Å². The molecule has 1 atom stereocenters. The lowest BCUT2D eigenvalue weighted by Crippen LogP contribution is -2.39. The highest BCUT2D eigenvalue weighted by Crippen LogP contribution is 2.23. The average Bonchev–Trinajstić information content (AvgIpc) is 3.21. The van der Waals surface area contributed by atoms with E-state index < -0.39 is 0 Å². The second kappa shape index (κ2) is 10.4. The molecule has 3 rings (SSSR count). The second-order valence-electron chi connectivity index (χ2n) is 7.11. The van der Waals surface area contributed by atoms with Gasteiger partial charge in [0.05, 0.1) is 25.0 Å². The molecule has 0 aliphatic carbocycles. The molecule has 0 radical (unpaired) electrons. The molecule has 152 valence electrons. The molecule has 1 aliphatic heterocycles. The van der Waals surface area contributed by atoms with Crippen molar-refractivity contribution in [3.63, 3.8) is 0 Å². The van der Waals surface area contributed by atoms with E-state index in [1.807, 2.05) is 6.07 Å². The number of aromatic nitrogens is 2. The molecule has 2 aromatic heterocycles. The molecule has 1 N–H and O–H groups in total. The van der Waals surface area contributed by atoms with Crippen molar-refractivity contribution < 1.29 is 9.53 Å². The molecule has 8 heteroatoms. The summed E-state index contributed by atoms with van der Waals surface area (Å²) in [6.45, 7) is 3.25. The monoisotopic (exact) mass is 404 g/mol. The van der Waals surface area contributed by atoms with Crippen molar-refractivity contribution in [2.75, 3.05) is 38.3 Å². The summed E-state index contributed by atoms with van der Waals surface area (Å²) in [5.74, 6) is 0.405. The number of piperidine rings is 1. The van der Waals surface area contributed by atoms with E-state index in [1.54, 1.807) is 30.7 Å². The zero-order valence-electron chi connectivity index (χ0n) is 16.3. The van der Waals surface area contributed by atoms with E-state index in [9.17, 15) is 9.59 Å². The molecule has 1 saturated heterocycles. The summed E-state index contributed by atoms with van der Waals surface area (Å²) >= 11 is 1.72. The summed E-state index contributed by atoms with van der Waals surface area (Å²) in [6, 6.07) is 5.75. The molecule has 3 heterocycles. The summed E-state index contributed by atoms with van der Waals surface area (Å²) < 4.78 is 6.41. The maximum absolute atomic E-state index is 12.3. The number of carbonyl (C=O) groups is 1. The summed E-state index contributed by atoms with van der Waals surface area (Å²) in [6.07, 6.45) is 5.19. The van der Waals surface area contributed by atoms with Gasteiger partial charge in [0.1, 0.15) is 0 Å². The van der Waals surface area contributed by atoms with Gasteiger partial charge in [-0.05, 0) is 36.6 Å². The third-order valence-corrected chi connectivity index (χ3v) is 5.93. The van der Waals surface area contributed by atoms with Crippen LogP contribution in [0.5, 0.6) is 0 Å². The summed E-state index contributed by atoms with van der Waals surface area (Å²) in [7, 11) is 1.60. The Morgan fingerprint density at radius 2 is 2.36 bits per heavy atom. The smallest absolute Gasteiger partial charge is 0.268 e. The minimum atomic E-state index is -0.122. The number of hydrogen-bond donors (Lipinski definition) is 1. The highest BCUT2D eigenvalue weighted by Gasteiger charge is 2.23. The molecule has 1 amide bonds. The fraction of sp³-hybridized carbons (Fsp3) is 0.550. The predicted octanol–water partition coefficient (Wildman–Crippen LogP) is 1.92. The molecular formula is C20H28N4O3S. The minimum absolute atomic E-state index is 0.108. The molecule has 1 unspecified atom stereocenters. The van der Waals surface area contributed by atoms with Crippen molar-refractivity contribution in [1.82, 2.24) is 15.1 Å². The van der Waals surface area contributed by atoms with E-state index in [0.29, 0.717) is 32.0 Å². The number of ether oxygens (including phenoxy) is 1. The molecule has 28 heavy (non-hydrogen) atoms. The fourth-order valence-corrected chi connectivity index (χ4v) is 4.23. The first kappa shape index (κ1) is 20.5. The normalized spacial score (nSPS) is 16.9.